The van der Waals surface area contributed by atoms with Crippen LogP contribution < -0.4 is 5.48 Å². The van der Waals surface area contributed by atoms with Gasteiger partial charge >= 0.3 is 0 Å². The zero-order chi connectivity index (χ0) is 11.5. The molecule has 0 heterocycles. The largest absolute Gasteiger partial charge is 0.274 e. The summed E-state index contributed by atoms with van der Waals surface area (Å²) < 4.78 is 0.867. The average Bonchev–Trinajstić information content (AvgIpc) is 2.13. The van der Waals surface area contributed by atoms with Crippen LogP contribution in [0, 0.1) is 0 Å². The van der Waals surface area contributed by atoms with Gasteiger partial charge in [-0.05, 0) is 39.0 Å². The van der Waals surface area contributed by atoms with Crippen LogP contribution in [0.5, 0.6) is 0 Å². The zero-order valence-corrected chi connectivity index (χ0v) is 10.6. The molecule has 0 aromatic heterocycles. The van der Waals surface area contributed by atoms with Crippen LogP contribution in [0.3, 0.4) is 0 Å². The van der Waals surface area contributed by atoms with Gasteiger partial charge in [0.2, 0.25) is 0 Å². The molecular weight excluding hydrogens is 258 g/mol. The van der Waals surface area contributed by atoms with E-state index in [-0.39, 0.29) is 11.5 Å². The molecule has 0 spiro atoms. The maximum atomic E-state index is 11.6. The summed E-state index contributed by atoms with van der Waals surface area (Å²) in [5, 5.41) is 0. The van der Waals surface area contributed by atoms with E-state index in [1.165, 1.54) is 0 Å². The predicted molar refractivity (Wildman–Crippen MR) is 62.4 cm³/mol. The molecule has 0 aliphatic heterocycles. The lowest BCUT2D eigenvalue weighted by Gasteiger charge is -2.18. The van der Waals surface area contributed by atoms with Crippen molar-refractivity contribution in [2.75, 3.05) is 0 Å². The smallest absolute Gasteiger partial charge is 0.268 e. The number of hydrogen-bond acceptors (Lipinski definition) is 2. The van der Waals surface area contributed by atoms with E-state index >= 15 is 0 Å². The van der Waals surface area contributed by atoms with Crippen molar-refractivity contribution in [1.29, 1.82) is 0 Å². The number of rotatable bonds is 2. The van der Waals surface area contributed by atoms with Crippen LogP contribution in [0.4, 0.5) is 0 Å². The molecule has 1 aromatic rings. The highest BCUT2D eigenvalue weighted by atomic mass is 79.9. The summed E-state index contributed by atoms with van der Waals surface area (Å²) in [7, 11) is 0. The molecule has 15 heavy (non-hydrogen) atoms. The van der Waals surface area contributed by atoms with Gasteiger partial charge in [0, 0.05) is 10.0 Å². The van der Waals surface area contributed by atoms with Gasteiger partial charge in [-0.25, -0.2) is 5.48 Å². The molecule has 0 bridgehead atoms. The number of amides is 1. The molecule has 1 aromatic carbocycles. The average molecular weight is 272 g/mol. The fraction of sp³-hybridized carbons (Fsp3) is 0.364. The van der Waals surface area contributed by atoms with E-state index in [0.29, 0.717) is 5.56 Å². The van der Waals surface area contributed by atoms with Gasteiger partial charge in [0.05, 0.1) is 5.60 Å². The maximum absolute atomic E-state index is 11.6. The van der Waals surface area contributed by atoms with Gasteiger partial charge in [0.25, 0.3) is 5.91 Å². The number of hydroxylamine groups is 1. The molecule has 0 aliphatic rings. The highest BCUT2D eigenvalue weighted by Crippen LogP contribution is 2.12. The Morgan fingerprint density at radius 1 is 1.40 bits per heavy atom. The highest BCUT2D eigenvalue weighted by molar-refractivity contribution is 9.10. The Morgan fingerprint density at radius 2 is 2.07 bits per heavy atom. The van der Waals surface area contributed by atoms with Crippen molar-refractivity contribution >= 4 is 21.8 Å². The standard InChI is InChI=1S/C11H14BrNO2/c1-11(2,3)15-13-10(14)8-5-4-6-9(12)7-8/h4-7H,1-3H3,(H,13,14). The molecule has 0 radical (unpaired) electrons. The summed E-state index contributed by atoms with van der Waals surface area (Å²) in [6, 6.07) is 7.13. The summed E-state index contributed by atoms with van der Waals surface area (Å²) in [6.07, 6.45) is 0. The van der Waals surface area contributed by atoms with Gasteiger partial charge in [0.15, 0.2) is 0 Å². The van der Waals surface area contributed by atoms with Crippen LogP contribution in [0.1, 0.15) is 31.1 Å². The summed E-state index contributed by atoms with van der Waals surface area (Å²) in [6.45, 7) is 5.61. The van der Waals surface area contributed by atoms with Crippen LogP contribution in [-0.4, -0.2) is 11.5 Å². The Balaban J connectivity index is 2.62. The number of nitrogens with one attached hydrogen (secondary N) is 1. The molecule has 1 amide bonds. The van der Waals surface area contributed by atoms with E-state index in [4.69, 9.17) is 4.84 Å². The van der Waals surface area contributed by atoms with Crippen LogP contribution in [-0.2, 0) is 4.84 Å². The van der Waals surface area contributed by atoms with Gasteiger partial charge in [-0.15, -0.1) is 0 Å². The molecule has 1 N–H and O–H groups in total. The third-order valence-electron chi connectivity index (χ3n) is 1.54. The Kier molecular flexibility index (Phi) is 3.88. The second-order valence-electron chi connectivity index (χ2n) is 4.16. The predicted octanol–water partition coefficient (Wildman–Crippen LogP) is 2.91. The van der Waals surface area contributed by atoms with Crippen molar-refractivity contribution in [3.63, 3.8) is 0 Å². The molecular formula is C11H14BrNO2. The minimum Gasteiger partial charge on any atom is -0.268 e. The number of benzene rings is 1. The SMILES string of the molecule is CC(C)(C)ONC(=O)c1cccc(Br)c1. The number of halogens is 1. The Hall–Kier alpha value is -0.870. The molecule has 0 aliphatic carbocycles. The molecule has 0 atom stereocenters. The fourth-order valence-electron chi connectivity index (χ4n) is 0.888. The van der Waals surface area contributed by atoms with E-state index in [0.717, 1.165) is 4.47 Å². The Bertz CT molecular complexity index is 358. The molecule has 0 saturated heterocycles. The van der Waals surface area contributed by atoms with Crippen molar-refractivity contribution in [1.82, 2.24) is 5.48 Å². The molecule has 82 valence electrons. The lowest BCUT2D eigenvalue weighted by molar-refractivity contribution is -0.0589. The van der Waals surface area contributed by atoms with Gasteiger partial charge in [0.1, 0.15) is 0 Å². The Labute approximate surface area is 97.9 Å². The van der Waals surface area contributed by atoms with E-state index in [1.54, 1.807) is 18.2 Å². The van der Waals surface area contributed by atoms with E-state index in [1.807, 2.05) is 26.8 Å². The first kappa shape index (κ1) is 12.2. The number of carbonyl (C=O) groups excluding carboxylic acids is 1. The van der Waals surface area contributed by atoms with Crippen molar-refractivity contribution in [3.8, 4) is 0 Å². The normalized spacial score (nSPS) is 11.2. The minimum absolute atomic E-state index is 0.244. The first-order valence-electron chi connectivity index (χ1n) is 4.62. The van der Waals surface area contributed by atoms with Crippen molar-refractivity contribution in [3.05, 3.63) is 34.3 Å². The molecule has 4 heteroatoms. The van der Waals surface area contributed by atoms with Gasteiger partial charge in [-0.2, -0.15) is 0 Å². The second-order valence-corrected chi connectivity index (χ2v) is 5.07. The lowest BCUT2D eigenvalue weighted by atomic mass is 10.2. The zero-order valence-electron chi connectivity index (χ0n) is 9.00. The summed E-state index contributed by atoms with van der Waals surface area (Å²) >= 11 is 3.30. The van der Waals surface area contributed by atoms with Crippen LogP contribution in [0.25, 0.3) is 0 Å². The third-order valence-corrected chi connectivity index (χ3v) is 2.03. The lowest BCUT2D eigenvalue weighted by Crippen LogP contribution is -2.33. The van der Waals surface area contributed by atoms with E-state index in [9.17, 15) is 4.79 Å². The number of carbonyl (C=O) groups is 1. The molecule has 1 rings (SSSR count). The van der Waals surface area contributed by atoms with E-state index in [2.05, 4.69) is 21.4 Å². The van der Waals surface area contributed by atoms with Crippen molar-refractivity contribution in [2.24, 2.45) is 0 Å². The molecule has 0 fully saturated rings. The van der Waals surface area contributed by atoms with Gasteiger partial charge < -0.3 is 0 Å². The first-order chi connectivity index (χ1) is 6.88. The quantitative estimate of drug-likeness (QED) is 0.841. The highest BCUT2D eigenvalue weighted by Gasteiger charge is 2.13. The summed E-state index contributed by atoms with van der Waals surface area (Å²) in [5.41, 5.74) is 2.58. The molecule has 0 saturated carbocycles. The monoisotopic (exact) mass is 271 g/mol. The molecule has 3 nitrogen and oxygen atoms in total. The summed E-state index contributed by atoms with van der Waals surface area (Å²) in [5.74, 6) is -0.244. The fourth-order valence-corrected chi connectivity index (χ4v) is 1.29. The number of hydrogen-bond donors (Lipinski definition) is 1. The van der Waals surface area contributed by atoms with Crippen LogP contribution in [0.2, 0.25) is 0 Å². The van der Waals surface area contributed by atoms with Crippen molar-refractivity contribution < 1.29 is 9.63 Å². The maximum Gasteiger partial charge on any atom is 0.274 e. The third kappa shape index (κ3) is 4.44. The topological polar surface area (TPSA) is 38.3 Å². The van der Waals surface area contributed by atoms with Gasteiger partial charge in [-0.1, -0.05) is 22.0 Å². The minimum atomic E-state index is -0.387. The second kappa shape index (κ2) is 4.77. The molecule has 0 unspecified atom stereocenters. The van der Waals surface area contributed by atoms with Crippen LogP contribution >= 0.6 is 15.9 Å². The Morgan fingerprint density at radius 3 is 2.60 bits per heavy atom. The van der Waals surface area contributed by atoms with Gasteiger partial charge in [-0.3, -0.25) is 9.63 Å². The van der Waals surface area contributed by atoms with Crippen molar-refractivity contribution in [2.45, 2.75) is 26.4 Å². The summed E-state index contributed by atoms with van der Waals surface area (Å²) in [4.78, 5) is 16.8. The van der Waals surface area contributed by atoms with E-state index < -0.39 is 0 Å². The van der Waals surface area contributed by atoms with Crippen LogP contribution in [0.15, 0.2) is 28.7 Å². The first-order valence-corrected chi connectivity index (χ1v) is 5.42.